The molecule has 0 heterocycles. The van der Waals surface area contributed by atoms with Crippen molar-refractivity contribution in [2.45, 2.75) is 95.8 Å². The normalized spacial score (nSPS) is 16.0. The van der Waals surface area contributed by atoms with E-state index in [1.807, 2.05) is 0 Å². The van der Waals surface area contributed by atoms with Gasteiger partial charge in [0.25, 0.3) is 0 Å². The Balaban J connectivity index is 3.37. The van der Waals surface area contributed by atoms with E-state index in [4.69, 9.17) is 10.8 Å². The maximum absolute atomic E-state index is 9.73. The van der Waals surface area contributed by atoms with Crippen LogP contribution in [0.2, 0.25) is 0 Å². The number of rotatable bonds is 15. The average molecular weight is 315 g/mol. The van der Waals surface area contributed by atoms with Gasteiger partial charge in [-0.05, 0) is 32.1 Å². The monoisotopic (exact) mass is 315 g/mol. The van der Waals surface area contributed by atoms with E-state index in [0.29, 0.717) is 6.42 Å². The zero-order valence-electron chi connectivity index (χ0n) is 14.3. The Morgan fingerprint density at radius 2 is 1.41 bits per heavy atom. The summed E-state index contributed by atoms with van der Waals surface area (Å²) in [7, 11) is 0. The summed E-state index contributed by atoms with van der Waals surface area (Å²) < 4.78 is 0. The fourth-order valence-corrected chi connectivity index (χ4v) is 2.46. The van der Waals surface area contributed by atoms with Crippen LogP contribution in [0, 0.1) is 0 Å². The Bertz CT molecular complexity index is 259. The van der Waals surface area contributed by atoms with Crippen LogP contribution in [0.1, 0.15) is 77.6 Å². The Morgan fingerprint density at radius 1 is 0.864 bits per heavy atom. The lowest BCUT2D eigenvalue weighted by molar-refractivity contribution is -0.0121. The third-order valence-electron chi connectivity index (χ3n) is 4.06. The highest BCUT2D eigenvalue weighted by Crippen LogP contribution is 2.11. The van der Waals surface area contributed by atoms with E-state index in [1.165, 1.54) is 38.5 Å². The van der Waals surface area contributed by atoms with Crippen molar-refractivity contribution in [3.63, 3.8) is 0 Å². The molecule has 0 unspecified atom stereocenters. The lowest BCUT2D eigenvalue weighted by Gasteiger charge is -2.22. The standard InChI is InChI=1S/C18H37NO3/c1-2-3-4-5-6-7-8-9-10-11-12-13-14-17(21)18(22)16(19)15-20/h7-8,16-18,20-22H,2-6,9-15,19H2,1H3/b8-7+/t16-,17+,18-/m0/s1. The molecule has 0 aliphatic heterocycles. The zero-order chi connectivity index (χ0) is 16.6. The minimum atomic E-state index is -1.03. The first kappa shape index (κ1) is 21.6. The fraction of sp³-hybridized carbons (Fsp3) is 0.889. The number of unbranched alkanes of at least 4 members (excludes halogenated alkanes) is 8. The van der Waals surface area contributed by atoms with Gasteiger partial charge in [-0.2, -0.15) is 0 Å². The maximum Gasteiger partial charge on any atom is 0.0971 e. The second-order valence-corrected chi connectivity index (χ2v) is 6.22. The van der Waals surface area contributed by atoms with Crippen molar-refractivity contribution in [1.82, 2.24) is 0 Å². The first-order chi connectivity index (χ1) is 10.6. The van der Waals surface area contributed by atoms with Crippen LogP contribution in [0.4, 0.5) is 0 Å². The smallest absolute Gasteiger partial charge is 0.0971 e. The van der Waals surface area contributed by atoms with Gasteiger partial charge < -0.3 is 21.1 Å². The van der Waals surface area contributed by atoms with Crippen LogP contribution >= 0.6 is 0 Å². The lowest BCUT2D eigenvalue weighted by Crippen LogP contribution is -2.45. The van der Waals surface area contributed by atoms with Gasteiger partial charge >= 0.3 is 0 Å². The highest BCUT2D eigenvalue weighted by atomic mass is 16.3. The number of aliphatic hydroxyl groups excluding tert-OH is 3. The highest BCUT2D eigenvalue weighted by molar-refractivity contribution is 4.81. The quantitative estimate of drug-likeness (QED) is 0.276. The molecule has 0 aliphatic rings. The van der Waals surface area contributed by atoms with Gasteiger partial charge in [0.2, 0.25) is 0 Å². The summed E-state index contributed by atoms with van der Waals surface area (Å²) in [6.45, 7) is 1.93. The predicted octanol–water partition coefficient (Wildman–Crippen LogP) is 2.90. The molecule has 0 aromatic heterocycles. The third-order valence-corrected chi connectivity index (χ3v) is 4.06. The van der Waals surface area contributed by atoms with Gasteiger partial charge in [0.05, 0.1) is 24.9 Å². The molecule has 0 aromatic carbocycles. The summed E-state index contributed by atoms with van der Waals surface area (Å²) in [5.41, 5.74) is 5.49. The highest BCUT2D eigenvalue weighted by Gasteiger charge is 2.21. The van der Waals surface area contributed by atoms with Crippen molar-refractivity contribution in [3.05, 3.63) is 12.2 Å². The van der Waals surface area contributed by atoms with Gasteiger partial charge in [-0.15, -0.1) is 0 Å². The second kappa shape index (κ2) is 15.5. The van der Waals surface area contributed by atoms with Crippen LogP contribution in [0.3, 0.4) is 0 Å². The first-order valence-electron chi connectivity index (χ1n) is 9.01. The number of nitrogens with two attached hydrogens (primary N) is 1. The molecule has 4 nitrogen and oxygen atoms in total. The summed E-state index contributed by atoms with van der Waals surface area (Å²) in [4.78, 5) is 0. The maximum atomic E-state index is 9.73. The SMILES string of the molecule is CCCCCC/C=C/CCCCCC[C@@H](O)[C@@H](O)[C@@H](N)CO. The molecule has 22 heavy (non-hydrogen) atoms. The van der Waals surface area contributed by atoms with Crippen molar-refractivity contribution in [3.8, 4) is 0 Å². The van der Waals surface area contributed by atoms with Crippen LogP contribution in [0.5, 0.6) is 0 Å². The van der Waals surface area contributed by atoms with Crippen molar-refractivity contribution in [2.24, 2.45) is 5.73 Å². The molecular weight excluding hydrogens is 278 g/mol. The van der Waals surface area contributed by atoms with E-state index < -0.39 is 18.2 Å². The molecule has 3 atom stereocenters. The van der Waals surface area contributed by atoms with Crippen molar-refractivity contribution < 1.29 is 15.3 Å². The van der Waals surface area contributed by atoms with E-state index in [9.17, 15) is 10.2 Å². The predicted molar refractivity (Wildman–Crippen MR) is 92.7 cm³/mol. The molecule has 0 aliphatic carbocycles. The van der Waals surface area contributed by atoms with Gasteiger partial charge in [0, 0.05) is 0 Å². The van der Waals surface area contributed by atoms with Crippen LogP contribution in [-0.2, 0) is 0 Å². The number of hydrogen-bond donors (Lipinski definition) is 4. The molecule has 0 radical (unpaired) electrons. The molecule has 0 bridgehead atoms. The van der Waals surface area contributed by atoms with Crippen molar-refractivity contribution in [1.29, 1.82) is 0 Å². The second-order valence-electron chi connectivity index (χ2n) is 6.22. The van der Waals surface area contributed by atoms with E-state index in [-0.39, 0.29) is 6.61 Å². The summed E-state index contributed by atoms with van der Waals surface area (Å²) >= 11 is 0. The Hall–Kier alpha value is -0.420. The molecule has 0 fully saturated rings. The summed E-state index contributed by atoms with van der Waals surface area (Å²) in [5, 5.41) is 28.2. The van der Waals surface area contributed by atoms with Gasteiger partial charge in [0.1, 0.15) is 0 Å². The lowest BCUT2D eigenvalue weighted by atomic mass is 10.0. The minimum absolute atomic E-state index is 0.303. The van der Waals surface area contributed by atoms with Crippen LogP contribution in [0.15, 0.2) is 12.2 Å². The number of hydrogen-bond acceptors (Lipinski definition) is 4. The molecule has 0 spiro atoms. The molecule has 0 amide bonds. The van der Waals surface area contributed by atoms with Crippen molar-refractivity contribution >= 4 is 0 Å². The van der Waals surface area contributed by atoms with Crippen LogP contribution in [-0.4, -0.2) is 40.2 Å². The molecule has 0 aromatic rings. The van der Waals surface area contributed by atoms with Crippen LogP contribution in [0.25, 0.3) is 0 Å². The van der Waals surface area contributed by atoms with E-state index in [1.54, 1.807) is 0 Å². The van der Waals surface area contributed by atoms with Crippen molar-refractivity contribution in [2.75, 3.05) is 6.61 Å². The Labute approximate surface area is 136 Å². The van der Waals surface area contributed by atoms with Gasteiger partial charge in [-0.3, -0.25) is 0 Å². The Morgan fingerprint density at radius 3 is 1.95 bits per heavy atom. The van der Waals surface area contributed by atoms with E-state index >= 15 is 0 Å². The molecule has 0 rings (SSSR count). The molecular formula is C18H37NO3. The number of aliphatic hydroxyl groups is 3. The molecule has 132 valence electrons. The van der Waals surface area contributed by atoms with Gasteiger partial charge in [0.15, 0.2) is 0 Å². The first-order valence-corrected chi connectivity index (χ1v) is 9.01. The summed E-state index contributed by atoms with van der Waals surface area (Å²) in [6, 6.07) is -0.752. The minimum Gasteiger partial charge on any atom is -0.395 e. The summed E-state index contributed by atoms with van der Waals surface area (Å²) in [6.07, 6.45) is 15.2. The van der Waals surface area contributed by atoms with Gasteiger partial charge in [-0.1, -0.05) is 57.6 Å². The third kappa shape index (κ3) is 12.2. The molecule has 4 heteroatoms. The molecule has 0 saturated heterocycles. The van der Waals surface area contributed by atoms with E-state index in [0.717, 1.165) is 25.7 Å². The van der Waals surface area contributed by atoms with Gasteiger partial charge in [-0.25, -0.2) is 0 Å². The molecule has 5 N–H and O–H groups in total. The van der Waals surface area contributed by atoms with Crippen LogP contribution < -0.4 is 5.73 Å². The average Bonchev–Trinajstić information content (AvgIpc) is 2.54. The molecule has 0 saturated carbocycles. The zero-order valence-corrected chi connectivity index (χ0v) is 14.3. The summed E-state index contributed by atoms with van der Waals surface area (Å²) in [5.74, 6) is 0. The topological polar surface area (TPSA) is 86.7 Å². The fourth-order valence-electron chi connectivity index (χ4n) is 2.46. The van der Waals surface area contributed by atoms with E-state index in [2.05, 4.69) is 19.1 Å². The number of allylic oxidation sites excluding steroid dienone is 2. The Kier molecular flexibility index (Phi) is 15.2. The largest absolute Gasteiger partial charge is 0.395 e.